The summed E-state index contributed by atoms with van der Waals surface area (Å²) in [4.78, 5) is 0. The van der Waals surface area contributed by atoms with Crippen molar-refractivity contribution in [1.29, 1.82) is 0 Å². The molecule has 1 saturated heterocycles. The van der Waals surface area contributed by atoms with E-state index >= 15 is 4.39 Å². The van der Waals surface area contributed by atoms with Gasteiger partial charge in [-0.05, 0) is 25.0 Å². The van der Waals surface area contributed by atoms with Gasteiger partial charge in [0.2, 0.25) is 0 Å². The Morgan fingerprint density at radius 3 is 2.67 bits per heavy atom. The van der Waals surface area contributed by atoms with Crippen LogP contribution in [0.1, 0.15) is 29.8 Å². The van der Waals surface area contributed by atoms with Crippen molar-refractivity contribution < 1.29 is 22.3 Å². The maximum absolute atomic E-state index is 15.4. The average molecular weight is 418 g/mol. The number of ether oxygens (including phenoxy) is 1. The molecule has 3 nitrogen and oxygen atoms in total. The molecule has 1 saturated carbocycles. The summed E-state index contributed by atoms with van der Waals surface area (Å²) in [6, 6.07) is 0. The van der Waals surface area contributed by atoms with Gasteiger partial charge >= 0.3 is 6.18 Å². The van der Waals surface area contributed by atoms with Crippen LogP contribution in [0.2, 0.25) is 0 Å². The van der Waals surface area contributed by atoms with E-state index in [1.165, 1.54) is 4.68 Å². The highest BCUT2D eigenvalue weighted by molar-refractivity contribution is 8.20. The van der Waals surface area contributed by atoms with E-state index in [0.29, 0.717) is 18.7 Å². The Hall–Kier alpha value is -1.09. The lowest BCUT2D eigenvalue weighted by Crippen LogP contribution is -2.23. The monoisotopic (exact) mass is 418 g/mol. The minimum atomic E-state index is -4.65. The Balaban J connectivity index is 1.58. The van der Waals surface area contributed by atoms with Crippen molar-refractivity contribution in [3.63, 3.8) is 0 Å². The number of halogens is 4. The normalized spacial score (nSPS) is 33.1. The Morgan fingerprint density at radius 2 is 2.07 bits per heavy atom. The van der Waals surface area contributed by atoms with Crippen LogP contribution in [0.5, 0.6) is 0 Å². The zero-order valence-electron chi connectivity index (χ0n) is 14.6. The van der Waals surface area contributed by atoms with Gasteiger partial charge in [-0.2, -0.15) is 18.3 Å². The van der Waals surface area contributed by atoms with E-state index in [9.17, 15) is 13.2 Å². The molecule has 9 heteroatoms. The average Bonchev–Trinajstić information content (AvgIpc) is 2.98. The van der Waals surface area contributed by atoms with Crippen molar-refractivity contribution in [2.24, 2.45) is 11.8 Å². The van der Waals surface area contributed by atoms with E-state index in [4.69, 9.17) is 4.74 Å². The molecular formula is C18H18F4N2OS2. The summed E-state index contributed by atoms with van der Waals surface area (Å²) >= 11 is 3.18. The van der Waals surface area contributed by atoms with Gasteiger partial charge in [0.25, 0.3) is 0 Å². The third kappa shape index (κ3) is 2.46. The van der Waals surface area contributed by atoms with E-state index in [1.54, 1.807) is 30.6 Å². The molecular weight excluding hydrogens is 400 g/mol. The molecule has 4 aliphatic rings. The molecule has 3 unspecified atom stereocenters. The highest BCUT2D eigenvalue weighted by atomic mass is 32.2. The molecule has 0 radical (unpaired) electrons. The zero-order chi connectivity index (χ0) is 19.0. The highest BCUT2D eigenvalue weighted by Crippen LogP contribution is 2.79. The number of nitrogens with zero attached hydrogens (tertiary/aromatic N) is 2. The van der Waals surface area contributed by atoms with E-state index in [-0.39, 0.29) is 23.8 Å². The molecule has 2 fully saturated rings. The second kappa shape index (κ2) is 5.72. The van der Waals surface area contributed by atoms with Gasteiger partial charge in [0.1, 0.15) is 15.5 Å². The maximum atomic E-state index is 15.4. The Morgan fingerprint density at radius 1 is 1.33 bits per heavy atom. The number of methoxy groups -OCH3 is 1. The summed E-state index contributed by atoms with van der Waals surface area (Å²) in [5.74, 6) is 2.04. The van der Waals surface area contributed by atoms with Crippen LogP contribution in [0.4, 0.5) is 17.6 Å². The van der Waals surface area contributed by atoms with Crippen molar-refractivity contribution in [3.05, 3.63) is 40.9 Å². The van der Waals surface area contributed by atoms with Crippen LogP contribution in [0.25, 0.3) is 0 Å². The fourth-order valence-corrected chi connectivity index (χ4v) is 8.31. The van der Waals surface area contributed by atoms with Gasteiger partial charge in [-0.3, -0.25) is 4.68 Å². The SMILES string of the molecule is COC1=CCC(Cn2nc(C(F)(F)F)c3c2C2(SCCS2)C2CC32F)C=C1. The second-order valence-corrected chi connectivity index (χ2v) is 10.3. The third-order valence-electron chi connectivity index (χ3n) is 5.83. The molecule has 1 aromatic rings. The standard InChI is InChI=1S/C18H18F4N2OS2/c1-25-11-4-2-10(3-5-11)9-24-15-13(14(23-24)18(20,21)22)16(19)8-12(16)17(15)26-6-7-27-17/h2,4-5,10,12H,3,6-9H2,1H3. The summed E-state index contributed by atoms with van der Waals surface area (Å²) in [7, 11) is 1.58. The topological polar surface area (TPSA) is 27.1 Å². The number of hydrogen-bond acceptors (Lipinski definition) is 4. The zero-order valence-corrected chi connectivity index (χ0v) is 16.2. The molecule has 0 amide bonds. The van der Waals surface area contributed by atoms with Crippen molar-refractivity contribution >= 4 is 23.5 Å². The quantitative estimate of drug-likeness (QED) is 0.657. The Bertz CT molecular complexity index is 856. The predicted molar refractivity (Wildman–Crippen MR) is 97.1 cm³/mol. The molecule has 0 N–H and O–H groups in total. The van der Waals surface area contributed by atoms with Crippen LogP contribution in [0.15, 0.2) is 24.0 Å². The fraction of sp³-hybridized carbons (Fsp3) is 0.611. The molecule has 3 atom stereocenters. The van der Waals surface area contributed by atoms with Crippen molar-refractivity contribution in [3.8, 4) is 0 Å². The van der Waals surface area contributed by atoms with Crippen molar-refractivity contribution in [1.82, 2.24) is 9.78 Å². The molecule has 1 spiro atoms. The van der Waals surface area contributed by atoms with Crippen LogP contribution < -0.4 is 0 Å². The highest BCUT2D eigenvalue weighted by Gasteiger charge is 2.77. The lowest BCUT2D eigenvalue weighted by Gasteiger charge is -2.27. The molecule has 0 bridgehead atoms. The summed E-state index contributed by atoms with van der Waals surface area (Å²) in [5, 5.41) is 3.92. The molecule has 2 heterocycles. The minimum absolute atomic E-state index is 0.00919. The van der Waals surface area contributed by atoms with Crippen LogP contribution >= 0.6 is 23.5 Å². The van der Waals surface area contributed by atoms with Gasteiger partial charge in [0, 0.05) is 35.4 Å². The number of allylic oxidation sites excluding steroid dienone is 3. The number of hydrogen-bond donors (Lipinski definition) is 0. The minimum Gasteiger partial charge on any atom is -0.497 e. The number of fused-ring (bicyclic) bond motifs is 5. The smallest absolute Gasteiger partial charge is 0.435 e. The van der Waals surface area contributed by atoms with Gasteiger partial charge in [-0.15, -0.1) is 23.5 Å². The maximum Gasteiger partial charge on any atom is 0.435 e. The first-order valence-corrected chi connectivity index (χ1v) is 10.8. The first-order chi connectivity index (χ1) is 12.8. The summed E-state index contributed by atoms with van der Waals surface area (Å²) in [6.07, 6.45) is 1.87. The van der Waals surface area contributed by atoms with Crippen LogP contribution in [-0.2, 0) is 27.2 Å². The number of thioether (sulfide) groups is 2. The van der Waals surface area contributed by atoms with E-state index in [1.807, 2.05) is 18.2 Å². The van der Waals surface area contributed by atoms with Gasteiger partial charge in [0.05, 0.1) is 12.8 Å². The summed E-state index contributed by atoms with van der Waals surface area (Å²) in [6.45, 7) is 0.314. The first-order valence-electron chi connectivity index (χ1n) is 8.88. The molecule has 0 aromatic carbocycles. The van der Waals surface area contributed by atoms with Crippen LogP contribution in [-0.4, -0.2) is 28.4 Å². The second-order valence-electron chi connectivity index (χ2n) is 7.40. The van der Waals surface area contributed by atoms with E-state index in [0.717, 1.165) is 17.3 Å². The summed E-state index contributed by atoms with van der Waals surface area (Å²) in [5.41, 5.74) is -2.61. The van der Waals surface area contributed by atoms with Gasteiger partial charge in [-0.1, -0.05) is 6.08 Å². The number of aromatic nitrogens is 2. The Kier molecular flexibility index (Phi) is 3.81. The molecule has 1 aliphatic heterocycles. The third-order valence-corrected chi connectivity index (χ3v) is 9.43. The molecule has 5 rings (SSSR count). The van der Waals surface area contributed by atoms with E-state index < -0.39 is 21.6 Å². The lowest BCUT2D eigenvalue weighted by molar-refractivity contribution is -0.142. The van der Waals surface area contributed by atoms with Gasteiger partial charge < -0.3 is 4.74 Å². The van der Waals surface area contributed by atoms with E-state index in [2.05, 4.69) is 5.10 Å². The molecule has 27 heavy (non-hydrogen) atoms. The number of rotatable bonds is 3. The largest absolute Gasteiger partial charge is 0.497 e. The predicted octanol–water partition coefficient (Wildman–Crippen LogP) is 4.84. The van der Waals surface area contributed by atoms with Crippen LogP contribution in [0, 0.1) is 11.8 Å². The molecule has 146 valence electrons. The van der Waals surface area contributed by atoms with Crippen molar-refractivity contribution in [2.75, 3.05) is 18.6 Å². The summed E-state index contributed by atoms with van der Waals surface area (Å²) < 4.78 is 62.5. The number of alkyl halides is 4. The van der Waals surface area contributed by atoms with Crippen molar-refractivity contribution in [2.45, 2.75) is 35.3 Å². The lowest BCUT2D eigenvalue weighted by atomic mass is 10.00. The molecule has 1 aromatic heterocycles. The van der Waals surface area contributed by atoms with Gasteiger partial charge in [0.15, 0.2) is 5.69 Å². The van der Waals surface area contributed by atoms with Gasteiger partial charge in [-0.25, -0.2) is 4.39 Å². The first kappa shape index (κ1) is 18.0. The fourth-order valence-electron chi connectivity index (χ4n) is 4.58. The molecule has 3 aliphatic carbocycles. The Labute approximate surface area is 162 Å². The van der Waals surface area contributed by atoms with Crippen LogP contribution in [0.3, 0.4) is 0 Å².